The average molecular weight is 304 g/mol. The molecular weight excluding hydrogens is 280 g/mol. The van der Waals surface area contributed by atoms with Gasteiger partial charge in [0.05, 0.1) is 6.04 Å². The first-order valence-corrected chi connectivity index (χ1v) is 7.76. The molecule has 0 spiro atoms. The molecule has 1 aliphatic rings. The van der Waals surface area contributed by atoms with Crippen molar-refractivity contribution in [2.45, 2.75) is 51.0 Å². The van der Waals surface area contributed by atoms with E-state index in [2.05, 4.69) is 36.6 Å². The Labute approximate surface area is 131 Å². The molecule has 0 radical (unpaired) electrons. The van der Waals surface area contributed by atoms with Gasteiger partial charge in [-0.2, -0.15) is 0 Å². The van der Waals surface area contributed by atoms with Crippen LogP contribution in [0.1, 0.15) is 56.7 Å². The van der Waals surface area contributed by atoms with Crippen LogP contribution in [0.2, 0.25) is 0 Å². The van der Waals surface area contributed by atoms with Gasteiger partial charge in [0.1, 0.15) is 0 Å². The first kappa shape index (κ1) is 16.3. The Hall–Kier alpha value is -2.04. The fraction of sp³-hybridized carbons (Fsp3) is 0.529. The van der Waals surface area contributed by atoms with E-state index in [1.54, 1.807) is 0 Å². The quantitative estimate of drug-likeness (QED) is 0.732. The van der Waals surface area contributed by atoms with Crippen LogP contribution in [0.3, 0.4) is 0 Å². The summed E-state index contributed by atoms with van der Waals surface area (Å²) in [5.74, 6) is -0.842. The van der Waals surface area contributed by atoms with Crippen LogP contribution >= 0.6 is 0 Å². The molecule has 5 nitrogen and oxygen atoms in total. The number of fused-ring (bicyclic) bond motifs is 1. The molecule has 3 N–H and O–H groups in total. The second-order valence-corrected chi connectivity index (χ2v) is 6.46. The van der Waals surface area contributed by atoms with E-state index in [0.29, 0.717) is 13.0 Å². The van der Waals surface area contributed by atoms with Crippen molar-refractivity contribution >= 4 is 12.0 Å². The lowest BCUT2D eigenvalue weighted by Gasteiger charge is -2.37. The lowest BCUT2D eigenvalue weighted by molar-refractivity contribution is -0.137. The summed E-state index contributed by atoms with van der Waals surface area (Å²) in [5, 5.41) is 14.3. The minimum atomic E-state index is -0.842. The molecule has 2 rings (SSSR count). The highest BCUT2D eigenvalue weighted by Crippen LogP contribution is 2.41. The van der Waals surface area contributed by atoms with Crippen molar-refractivity contribution in [2.24, 2.45) is 0 Å². The zero-order chi connectivity index (χ0) is 16.2. The summed E-state index contributed by atoms with van der Waals surface area (Å²) >= 11 is 0. The van der Waals surface area contributed by atoms with E-state index in [0.717, 1.165) is 12.8 Å². The molecule has 0 aliphatic heterocycles. The van der Waals surface area contributed by atoms with Gasteiger partial charge in [-0.05, 0) is 35.8 Å². The van der Waals surface area contributed by atoms with E-state index >= 15 is 0 Å². The molecule has 0 saturated carbocycles. The summed E-state index contributed by atoms with van der Waals surface area (Å²) in [4.78, 5) is 22.4. The SMILES string of the molecule is CC1(C)CCC(NC(=O)NCCCC(=O)O)c2ccccc21. The number of carboxylic acids is 1. The lowest BCUT2D eigenvalue weighted by atomic mass is 9.71. The lowest BCUT2D eigenvalue weighted by Crippen LogP contribution is -2.41. The third-order valence-corrected chi connectivity index (χ3v) is 4.28. The van der Waals surface area contributed by atoms with Gasteiger partial charge < -0.3 is 15.7 Å². The average Bonchev–Trinajstić information content (AvgIpc) is 2.47. The van der Waals surface area contributed by atoms with E-state index in [-0.39, 0.29) is 23.9 Å². The van der Waals surface area contributed by atoms with Gasteiger partial charge in [-0.1, -0.05) is 38.1 Å². The van der Waals surface area contributed by atoms with Crippen LogP contribution < -0.4 is 10.6 Å². The number of urea groups is 1. The van der Waals surface area contributed by atoms with E-state index in [9.17, 15) is 9.59 Å². The standard InChI is InChI=1S/C17H24N2O3/c1-17(2)10-9-14(12-6-3-4-7-13(12)17)19-16(22)18-11-5-8-15(20)21/h3-4,6-7,14H,5,8-11H2,1-2H3,(H,20,21)(H2,18,19,22). The Morgan fingerprint density at radius 1 is 1.32 bits per heavy atom. The van der Waals surface area contributed by atoms with Gasteiger partial charge in [0.15, 0.2) is 0 Å². The topological polar surface area (TPSA) is 78.4 Å². The number of nitrogens with one attached hydrogen (secondary N) is 2. The Bertz CT molecular complexity index is 555. The number of rotatable bonds is 5. The van der Waals surface area contributed by atoms with Crippen molar-refractivity contribution in [3.8, 4) is 0 Å². The Morgan fingerprint density at radius 3 is 2.77 bits per heavy atom. The molecule has 1 aromatic rings. The van der Waals surface area contributed by atoms with Crippen molar-refractivity contribution in [3.05, 3.63) is 35.4 Å². The fourth-order valence-electron chi connectivity index (χ4n) is 3.01. The molecule has 1 unspecified atom stereocenters. The summed E-state index contributed by atoms with van der Waals surface area (Å²) in [7, 11) is 0. The van der Waals surface area contributed by atoms with Crippen molar-refractivity contribution in [2.75, 3.05) is 6.54 Å². The van der Waals surface area contributed by atoms with Crippen molar-refractivity contribution in [3.63, 3.8) is 0 Å². The number of aliphatic carboxylic acids is 1. The smallest absolute Gasteiger partial charge is 0.315 e. The third-order valence-electron chi connectivity index (χ3n) is 4.28. The van der Waals surface area contributed by atoms with Crippen LogP contribution in [0.5, 0.6) is 0 Å². The predicted molar refractivity (Wildman–Crippen MR) is 84.8 cm³/mol. The maximum absolute atomic E-state index is 12.0. The van der Waals surface area contributed by atoms with Crippen LogP contribution in [-0.4, -0.2) is 23.7 Å². The molecule has 0 aromatic heterocycles. The molecule has 120 valence electrons. The van der Waals surface area contributed by atoms with E-state index in [4.69, 9.17) is 5.11 Å². The molecule has 5 heteroatoms. The molecule has 2 amide bonds. The van der Waals surface area contributed by atoms with Crippen LogP contribution in [0.25, 0.3) is 0 Å². The highest BCUT2D eigenvalue weighted by molar-refractivity contribution is 5.74. The maximum Gasteiger partial charge on any atom is 0.315 e. The number of amides is 2. The number of benzene rings is 1. The molecular formula is C17H24N2O3. The zero-order valence-corrected chi connectivity index (χ0v) is 13.2. The van der Waals surface area contributed by atoms with Gasteiger partial charge in [-0.3, -0.25) is 4.79 Å². The first-order chi connectivity index (χ1) is 10.4. The van der Waals surface area contributed by atoms with Crippen LogP contribution in [0.4, 0.5) is 4.79 Å². The van der Waals surface area contributed by atoms with Crippen molar-refractivity contribution < 1.29 is 14.7 Å². The number of hydrogen-bond acceptors (Lipinski definition) is 2. The summed E-state index contributed by atoms with van der Waals surface area (Å²) < 4.78 is 0. The summed E-state index contributed by atoms with van der Waals surface area (Å²) in [6.45, 7) is 4.83. The Morgan fingerprint density at radius 2 is 2.05 bits per heavy atom. The zero-order valence-electron chi connectivity index (χ0n) is 13.2. The fourth-order valence-corrected chi connectivity index (χ4v) is 3.01. The molecule has 1 aromatic carbocycles. The number of carbonyl (C=O) groups excluding carboxylic acids is 1. The maximum atomic E-state index is 12.0. The van der Waals surface area contributed by atoms with Gasteiger partial charge in [-0.25, -0.2) is 4.79 Å². The van der Waals surface area contributed by atoms with Crippen LogP contribution in [-0.2, 0) is 10.2 Å². The summed E-state index contributed by atoms with van der Waals surface area (Å²) in [5.41, 5.74) is 2.60. The number of hydrogen-bond donors (Lipinski definition) is 3. The van der Waals surface area contributed by atoms with Gasteiger partial charge in [0.2, 0.25) is 0 Å². The number of carboxylic acid groups (broad SMARTS) is 1. The summed E-state index contributed by atoms with van der Waals surface area (Å²) in [6, 6.07) is 8.03. The van der Waals surface area contributed by atoms with Gasteiger partial charge in [0, 0.05) is 13.0 Å². The minimum absolute atomic E-state index is 0.0173. The largest absolute Gasteiger partial charge is 0.481 e. The van der Waals surface area contributed by atoms with Crippen molar-refractivity contribution in [1.29, 1.82) is 0 Å². The second kappa shape index (κ2) is 6.81. The van der Waals surface area contributed by atoms with Gasteiger partial charge >= 0.3 is 12.0 Å². The number of carbonyl (C=O) groups is 2. The van der Waals surface area contributed by atoms with Crippen LogP contribution in [0.15, 0.2) is 24.3 Å². The Balaban J connectivity index is 1.93. The Kier molecular flexibility index (Phi) is 5.06. The summed E-state index contributed by atoms with van der Waals surface area (Å²) in [6.07, 6.45) is 2.44. The molecule has 1 aliphatic carbocycles. The predicted octanol–water partition coefficient (Wildman–Crippen LogP) is 2.96. The highest BCUT2D eigenvalue weighted by atomic mass is 16.4. The molecule has 0 saturated heterocycles. The molecule has 0 bridgehead atoms. The molecule has 0 heterocycles. The molecule has 1 atom stereocenters. The molecule has 0 fully saturated rings. The van der Waals surface area contributed by atoms with E-state index < -0.39 is 5.97 Å². The first-order valence-electron chi connectivity index (χ1n) is 7.76. The molecule has 22 heavy (non-hydrogen) atoms. The third kappa shape index (κ3) is 4.00. The van der Waals surface area contributed by atoms with Gasteiger partial charge in [0.25, 0.3) is 0 Å². The van der Waals surface area contributed by atoms with E-state index in [1.807, 2.05) is 12.1 Å². The van der Waals surface area contributed by atoms with Crippen molar-refractivity contribution in [1.82, 2.24) is 10.6 Å². The highest BCUT2D eigenvalue weighted by Gasteiger charge is 2.32. The van der Waals surface area contributed by atoms with E-state index in [1.165, 1.54) is 11.1 Å². The van der Waals surface area contributed by atoms with Gasteiger partial charge in [-0.15, -0.1) is 0 Å². The normalized spacial score (nSPS) is 19.1. The monoisotopic (exact) mass is 304 g/mol. The second-order valence-electron chi connectivity index (χ2n) is 6.46. The van der Waals surface area contributed by atoms with Crippen LogP contribution in [0, 0.1) is 0 Å². The minimum Gasteiger partial charge on any atom is -0.481 e.